The van der Waals surface area contributed by atoms with Crippen LogP contribution in [0.5, 0.6) is 0 Å². The van der Waals surface area contributed by atoms with Gasteiger partial charge < -0.3 is 9.47 Å². The van der Waals surface area contributed by atoms with Crippen molar-refractivity contribution < 1.29 is 19.1 Å². The largest absolute Gasteiger partial charge is 0.467 e. The maximum atomic E-state index is 12.6. The molecule has 1 heterocycles. The molecule has 1 atom stereocenters. The summed E-state index contributed by atoms with van der Waals surface area (Å²) in [7, 11) is 1.34. The third kappa shape index (κ3) is 3.41. The molecule has 0 radical (unpaired) electrons. The van der Waals surface area contributed by atoms with Crippen molar-refractivity contribution in [3.8, 4) is 0 Å². The molecular weight excluding hydrogens is 318 g/mol. The van der Waals surface area contributed by atoms with Gasteiger partial charge in [0.05, 0.1) is 7.11 Å². The fraction of sp³-hybridized carbons (Fsp3) is 0.500. The Hall–Kier alpha value is -2.30. The number of benzene rings is 1. The Morgan fingerprint density at radius 2 is 1.80 bits per heavy atom. The first-order chi connectivity index (χ1) is 11.8. The molecule has 1 fully saturated rings. The standard InChI is InChI=1S/C20H25NO4/c1-19(2,3)25-18(23)21-13-15(12-16(21)17(22)24-4)20(10-11-20)14-8-6-5-7-9-14/h5-9,12,16H,10-11,13H2,1-4H3/t16-/m1/s1. The van der Waals surface area contributed by atoms with Crippen molar-refractivity contribution in [3.05, 3.63) is 47.5 Å². The topological polar surface area (TPSA) is 55.8 Å². The zero-order valence-electron chi connectivity index (χ0n) is 15.2. The summed E-state index contributed by atoms with van der Waals surface area (Å²) in [5.74, 6) is -0.440. The lowest BCUT2D eigenvalue weighted by Crippen LogP contribution is -2.44. The minimum absolute atomic E-state index is 0.0652. The molecule has 1 aromatic rings. The van der Waals surface area contributed by atoms with Crippen LogP contribution in [0, 0.1) is 0 Å². The monoisotopic (exact) mass is 343 g/mol. The van der Waals surface area contributed by atoms with Gasteiger partial charge in [0.2, 0.25) is 0 Å². The lowest BCUT2D eigenvalue weighted by molar-refractivity contribution is -0.144. The van der Waals surface area contributed by atoms with Crippen LogP contribution in [0.2, 0.25) is 0 Å². The minimum Gasteiger partial charge on any atom is -0.467 e. The Kier molecular flexibility index (Phi) is 4.35. The van der Waals surface area contributed by atoms with Gasteiger partial charge in [-0.3, -0.25) is 4.90 Å². The van der Waals surface area contributed by atoms with E-state index in [1.54, 1.807) is 0 Å². The van der Waals surface area contributed by atoms with Crippen LogP contribution >= 0.6 is 0 Å². The second-order valence-corrected chi connectivity index (χ2v) is 7.72. The summed E-state index contributed by atoms with van der Waals surface area (Å²) in [6, 6.07) is 9.53. The number of nitrogens with zero attached hydrogens (tertiary/aromatic N) is 1. The first-order valence-corrected chi connectivity index (χ1v) is 8.61. The van der Waals surface area contributed by atoms with Crippen molar-refractivity contribution in [1.82, 2.24) is 4.90 Å². The van der Waals surface area contributed by atoms with Crippen LogP contribution in [-0.2, 0) is 19.7 Å². The van der Waals surface area contributed by atoms with E-state index < -0.39 is 23.7 Å². The molecule has 0 N–H and O–H groups in total. The highest BCUT2D eigenvalue weighted by atomic mass is 16.6. The van der Waals surface area contributed by atoms with Crippen LogP contribution in [0.1, 0.15) is 39.2 Å². The smallest absolute Gasteiger partial charge is 0.411 e. The summed E-state index contributed by atoms with van der Waals surface area (Å²) in [6.45, 7) is 5.84. The number of rotatable bonds is 3. The van der Waals surface area contributed by atoms with Crippen molar-refractivity contribution in [2.45, 2.75) is 50.7 Å². The Balaban J connectivity index is 1.87. The lowest BCUT2D eigenvalue weighted by atomic mass is 9.88. The molecule has 5 heteroatoms. The van der Waals surface area contributed by atoms with E-state index in [0.717, 1.165) is 18.4 Å². The molecule has 0 bridgehead atoms. The third-order valence-corrected chi connectivity index (χ3v) is 4.80. The number of ether oxygens (including phenoxy) is 2. The summed E-state index contributed by atoms with van der Waals surface area (Å²) >= 11 is 0. The van der Waals surface area contributed by atoms with Gasteiger partial charge in [0, 0.05) is 12.0 Å². The Bertz CT molecular complexity index is 698. The molecule has 0 aromatic heterocycles. The number of hydrogen-bond acceptors (Lipinski definition) is 4. The third-order valence-electron chi connectivity index (χ3n) is 4.80. The van der Waals surface area contributed by atoms with Crippen LogP contribution in [0.4, 0.5) is 4.79 Å². The summed E-state index contributed by atoms with van der Waals surface area (Å²) in [4.78, 5) is 26.3. The number of carbonyl (C=O) groups is 2. The van der Waals surface area contributed by atoms with Gasteiger partial charge in [-0.25, -0.2) is 9.59 Å². The molecule has 1 saturated carbocycles. The molecule has 5 nitrogen and oxygen atoms in total. The van der Waals surface area contributed by atoms with Crippen molar-refractivity contribution >= 4 is 12.1 Å². The summed E-state index contributed by atoms with van der Waals surface area (Å²) in [5, 5.41) is 0. The van der Waals surface area contributed by atoms with E-state index in [2.05, 4.69) is 12.1 Å². The maximum Gasteiger partial charge on any atom is 0.411 e. The van der Waals surface area contributed by atoms with Gasteiger partial charge in [-0.2, -0.15) is 0 Å². The highest BCUT2D eigenvalue weighted by molar-refractivity contribution is 5.85. The maximum absolute atomic E-state index is 12.6. The summed E-state index contributed by atoms with van der Waals surface area (Å²) in [5.41, 5.74) is 1.65. The number of amides is 1. The second kappa shape index (κ2) is 6.21. The van der Waals surface area contributed by atoms with E-state index in [1.165, 1.54) is 17.6 Å². The van der Waals surface area contributed by atoms with Crippen LogP contribution < -0.4 is 0 Å². The molecule has 2 aliphatic rings. The number of carbonyl (C=O) groups excluding carboxylic acids is 2. The average molecular weight is 343 g/mol. The van der Waals surface area contributed by atoms with Gasteiger partial charge in [-0.1, -0.05) is 30.3 Å². The van der Waals surface area contributed by atoms with Crippen molar-refractivity contribution in [1.29, 1.82) is 0 Å². The molecule has 1 aliphatic heterocycles. The van der Waals surface area contributed by atoms with Crippen molar-refractivity contribution in [2.24, 2.45) is 0 Å². The second-order valence-electron chi connectivity index (χ2n) is 7.72. The van der Waals surface area contributed by atoms with Crippen LogP contribution in [0.25, 0.3) is 0 Å². The fourth-order valence-corrected chi connectivity index (χ4v) is 3.42. The number of esters is 1. The van der Waals surface area contributed by atoms with E-state index in [1.807, 2.05) is 45.0 Å². The highest BCUT2D eigenvalue weighted by Crippen LogP contribution is 2.55. The van der Waals surface area contributed by atoms with Gasteiger partial charge in [0.25, 0.3) is 0 Å². The van der Waals surface area contributed by atoms with Crippen molar-refractivity contribution in [3.63, 3.8) is 0 Å². The minimum atomic E-state index is -0.726. The number of methoxy groups -OCH3 is 1. The van der Waals surface area contributed by atoms with E-state index in [4.69, 9.17) is 9.47 Å². The van der Waals surface area contributed by atoms with E-state index >= 15 is 0 Å². The molecular formula is C20H25NO4. The highest BCUT2D eigenvalue weighted by Gasteiger charge is 2.51. The Morgan fingerprint density at radius 1 is 1.16 bits per heavy atom. The normalized spacial score (nSPS) is 21.5. The predicted molar refractivity (Wildman–Crippen MR) is 94.2 cm³/mol. The van der Waals surface area contributed by atoms with E-state index in [9.17, 15) is 9.59 Å². The van der Waals surface area contributed by atoms with E-state index in [0.29, 0.717) is 6.54 Å². The number of hydrogen-bond donors (Lipinski definition) is 0. The molecule has 134 valence electrons. The SMILES string of the molecule is COC(=O)[C@H]1C=C(C2(c3ccccc3)CC2)CN1C(=O)OC(C)(C)C. The molecule has 25 heavy (non-hydrogen) atoms. The van der Waals surface area contributed by atoms with Crippen molar-refractivity contribution in [2.75, 3.05) is 13.7 Å². The van der Waals surface area contributed by atoms with E-state index in [-0.39, 0.29) is 5.41 Å². The molecule has 0 saturated heterocycles. The van der Waals surface area contributed by atoms with Gasteiger partial charge >= 0.3 is 12.1 Å². The molecule has 1 amide bonds. The van der Waals surface area contributed by atoms with Gasteiger partial charge in [-0.15, -0.1) is 0 Å². The molecule has 0 spiro atoms. The average Bonchev–Trinajstić information content (AvgIpc) is 3.25. The molecule has 0 unspecified atom stereocenters. The van der Waals surface area contributed by atoms with Gasteiger partial charge in [0.1, 0.15) is 5.60 Å². The molecule has 1 aromatic carbocycles. The summed E-state index contributed by atoms with van der Waals surface area (Å²) in [6.07, 6.45) is 3.45. The predicted octanol–water partition coefficient (Wildman–Crippen LogP) is 3.44. The van der Waals surface area contributed by atoms with Crippen LogP contribution in [0.3, 0.4) is 0 Å². The zero-order valence-corrected chi connectivity index (χ0v) is 15.2. The zero-order chi connectivity index (χ0) is 18.2. The van der Waals surface area contributed by atoms with Crippen LogP contribution in [-0.4, -0.2) is 42.3 Å². The Morgan fingerprint density at radius 3 is 2.32 bits per heavy atom. The van der Waals surface area contributed by atoms with Gasteiger partial charge in [-0.05, 0) is 50.8 Å². The van der Waals surface area contributed by atoms with Gasteiger partial charge in [0.15, 0.2) is 6.04 Å². The van der Waals surface area contributed by atoms with Crippen LogP contribution in [0.15, 0.2) is 42.0 Å². The fourth-order valence-electron chi connectivity index (χ4n) is 3.42. The lowest BCUT2D eigenvalue weighted by Gasteiger charge is -2.28. The molecule has 3 rings (SSSR count). The quantitative estimate of drug-likeness (QED) is 0.623. The first-order valence-electron chi connectivity index (χ1n) is 8.61. The Labute approximate surface area is 148 Å². The first kappa shape index (κ1) is 17.5. The summed E-state index contributed by atoms with van der Waals surface area (Å²) < 4.78 is 10.4. The molecule has 1 aliphatic carbocycles.